The third kappa shape index (κ3) is 12.4. The Morgan fingerprint density at radius 2 is 1.08 bits per heavy atom. The number of nitriles is 2. The summed E-state index contributed by atoms with van der Waals surface area (Å²) in [7, 11) is 0. The Balaban J connectivity index is 0.000000182. The van der Waals surface area contributed by atoms with Gasteiger partial charge in [-0.15, -0.1) is 0 Å². The van der Waals surface area contributed by atoms with Crippen LogP contribution in [-0.4, -0.2) is 176 Å². The molecule has 0 unspecified atom stereocenters. The molecule has 0 saturated carbocycles. The van der Waals surface area contributed by atoms with Gasteiger partial charge in [-0.05, 0) is 88.8 Å². The Bertz CT molecular complexity index is 2560. The van der Waals surface area contributed by atoms with Gasteiger partial charge in [-0.1, -0.05) is 0 Å². The van der Waals surface area contributed by atoms with Crippen LogP contribution in [-0.2, 0) is 19.1 Å². The molecule has 10 rings (SSSR count). The third-order valence-corrected chi connectivity index (χ3v) is 15.6. The first-order valence-electron chi connectivity index (χ1n) is 26.3. The van der Waals surface area contributed by atoms with E-state index in [1.54, 1.807) is 24.7 Å². The zero-order valence-electron chi connectivity index (χ0n) is 42.6. The molecule has 4 N–H and O–H groups in total. The lowest BCUT2D eigenvalue weighted by atomic mass is 9.95. The minimum atomic E-state index is -0.157. The number of pyridine rings is 1. The number of carbonyl (C=O) groups excluding carboxylic acids is 2. The number of rotatable bonds is 12. The van der Waals surface area contributed by atoms with Gasteiger partial charge in [-0.25, -0.2) is 15.2 Å². The zero-order chi connectivity index (χ0) is 51.6. The van der Waals surface area contributed by atoms with E-state index in [2.05, 4.69) is 67.8 Å². The summed E-state index contributed by atoms with van der Waals surface area (Å²) in [5.74, 6) is 1.04. The molecular formula is C53H69N15O6. The van der Waals surface area contributed by atoms with E-state index in [9.17, 15) is 19.2 Å². The molecule has 6 atom stereocenters. The van der Waals surface area contributed by atoms with Gasteiger partial charge in [-0.3, -0.25) is 19.2 Å². The summed E-state index contributed by atoms with van der Waals surface area (Å²) < 4.78 is 12.7. The summed E-state index contributed by atoms with van der Waals surface area (Å²) in [5.41, 5.74) is 5.10. The Kier molecular flexibility index (Phi) is 17.1. The number of piperidine rings is 2. The number of ether oxygens (including phenoxy) is 2. The van der Waals surface area contributed by atoms with Crippen molar-refractivity contribution in [2.45, 2.75) is 76.7 Å². The number of carbonyl (C=O) groups is 2. The number of aromatic amines is 2. The van der Waals surface area contributed by atoms with Crippen LogP contribution in [0.25, 0.3) is 0 Å². The standard InChI is InChI=1S/C27H35N7O3.C26H34N8O3/c1-19-25(17-30-31-26(19)35)34-8-2-3-23(34)18-37-24-13-21(15-29-16-24)27(36)33-11-9-32(10-12-33)22-6-4-20(14-28)5-7-22;1-18-23(16-30-31-25(18)35)34-6-2-3-21(34)17-37-22-11-20(14-28-15-22)26(36)33-9-7-32(8-10-33)24-5-4-19(12-27)13-29-24/h4-7,17,21,23-24,29H,2-3,8-13,15-16,18H2,1H3,(H,31,35);4-5,13,16,20-22,28H,2-3,6-11,14-15,17H2,1H3,(H,31,35)/t21-,23-,24-;20-,21+,22-/m01/s1. The summed E-state index contributed by atoms with van der Waals surface area (Å²) in [6, 6.07) is 15.9. The lowest BCUT2D eigenvalue weighted by Crippen LogP contribution is -2.54. The number of hydrogen-bond acceptors (Lipinski definition) is 17. The van der Waals surface area contributed by atoms with Gasteiger partial charge in [0.25, 0.3) is 11.1 Å². The first-order valence-corrected chi connectivity index (χ1v) is 26.3. The molecule has 6 saturated heterocycles. The fourth-order valence-electron chi connectivity index (χ4n) is 11.3. The predicted molar refractivity (Wildman–Crippen MR) is 279 cm³/mol. The number of amides is 2. The molecule has 21 heteroatoms. The normalized spacial score (nSPS) is 24.2. The Hall–Kier alpha value is -6.91. The Morgan fingerprint density at radius 1 is 0.608 bits per heavy atom. The number of benzene rings is 1. The van der Waals surface area contributed by atoms with Crippen LogP contribution in [0.15, 0.2) is 64.6 Å². The van der Waals surface area contributed by atoms with Crippen molar-refractivity contribution in [3.8, 4) is 12.1 Å². The summed E-state index contributed by atoms with van der Waals surface area (Å²) in [6.07, 6.45) is 10.6. The number of aromatic nitrogens is 5. The van der Waals surface area contributed by atoms with Gasteiger partial charge in [-0.2, -0.15) is 20.7 Å². The monoisotopic (exact) mass is 1010 g/mol. The largest absolute Gasteiger partial charge is 0.375 e. The van der Waals surface area contributed by atoms with Crippen molar-refractivity contribution in [2.24, 2.45) is 11.8 Å². The molecule has 392 valence electrons. The second-order valence-corrected chi connectivity index (χ2v) is 20.3. The van der Waals surface area contributed by atoms with Crippen molar-refractivity contribution in [1.82, 2.24) is 45.8 Å². The number of nitrogens with one attached hydrogen (secondary N) is 4. The zero-order valence-corrected chi connectivity index (χ0v) is 42.6. The van der Waals surface area contributed by atoms with Gasteiger partial charge < -0.3 is 49.5 Å². The van der Waals surface area contributed by atoms with Crippen LogP contribution in [0.1, 0.15) is 60.8 Å². The first kappa shape index (κ1) is 52.0. The van der Waals surface area contributed by atoms with Crippen molar-refractivity contribution in [3.05, 3.63) is 98.0 Å². The summed E-state index contributed by atoms with van der Waals surface area (Å²) in [5, 5.41) is 37.7. The number of H-pyrrole nitrogens is 2. The minimum absolute atomic E-state index is 0.0107. The fraction of sp³-hybridized carbons (Fsp3) is 0.566. The molecule has 21 nitrogen and oxygen atoms in total. The molecule has 1 aromatic carbocycles. The van der Waals surface area contributed by atoms with Gasteiger partial charge in [0.2, 0.25) is 11.8 Å². The van der Waals surface area contributed by atoms with Gasteiger partial charge in [0.05, 0.1) is 90.3 Å². The highest BCUT2D eigenvalue weighted by Crippen LogP contribution is 2.30. The lowest BCUT2D eigenvalue weighted by Gasteiger charge is -2.39. The molecular weight excluding hydrogens is 943 g/mol. The van der Waals surface area contributed by atoms with E-state index in [1.165, 1.54) is 0 Å². The maximum Gasteiger partial charge on any atom is 0.269 e. The van der Waals surface area contributed by atoms with E-state index in [0.29, 0.717) is 81.2 Å². The quantitative estimate of drug-likeness (QED) is 0.158. The number of piperazine rings is 2. The summed E-state index contributed by atoms with van der Waals surface area (Å²) >= 11 is 0. The van der Waals surface area contributed by atoms with Crippen LogP contribution in [0.5, 0.6) is 0 Å². The molecule has 6 aliphatic heterocycles. The third-order valence-electron chi connectivity index (χ3n) is 15.6. The fourth-order valence-corrected chi connectivity index (χ4v) is 11.3. The molecule has 9 heterocycles. The summed E-state index contributed by atoms with van der Waals surface area (Å²) in [6.45, 7) is 15.1. The highest BCUT2D eigenvalue weighted by molar-refractivity contribution is 5.80. The smallest absolute Gasteiger partial charge is 0.269 e. The van der Waals surface area contributed by atoms with Gasteiger partial charge in [0, 0.05) is 115 Å². The maximum absolute atomic E-state index is 13.3. The van der Waals surface area contributed by atoms with Gasteiger partial charge >= 0.3 is 0 Å². The van der Waals surface area contributed by atoms with Crippen LogP contribution >= 0.6 is 0 Å². The first-order chi connectivity index (χ1) is 36.1. The second kappa shape index (κ2) is 24.4. The molecule has 3 aromatic heterocycles. The highest BCUT2D eigenvalue weighted by atomic mass is 16.5. The molecule has 6 aliphatic rings. The summed E-state index contributed by atoms with van der Waals surface area (Å²) in [4.78, 5) is 67.9. The number of anilines is 4. The molecule has 4 aromatic rings. The van der Waals surface area contributed by atoms with E-state index in [-0.39, 0.29) is 59.1 Å². The van der Waals surface area contributed by atoms with Crippen LogP contribution in [0, 0.1) is 48.3 Å². The van der Waals surface area contributed by atoms with Gasteiger partial charge in [0.1, 0.15) is 11.9 Å². The van der Waals surface area contributed by atoms with Crippen molar-refractivity contribution in [2.75, 3.05) is 124 Å². The van der Waals surface area contributed by atoms with Crippen molar-refractivity contribution in [3.63, 3.8) is 0 Å². The van der Waals surface area contributed by atoms with Crippen LogP contribution < -0.4 is 41.4 Å². The van der Waals surface area contributed by atoms with Crippen LogP contribution in [0.3, 0.4) is 0 Å². The number of hydrogen-bond donors (Lipinski definition) is 4. The Labute approximate surface area is 431 Å². The average molecular weight is 1010 g/mol. The minimum Gasteiger partial charge on any atom is -0.375 e. The molecule has 0 radical (unpaired) electrons. The Morgan fingerprint density at radius 3 is 1.54 bits per heavy atom. The SMILES string of the molecule is Cc1c(N2CCC[C@H]2CO[C@@H]2CNC[C@@H](C(=O)N3CCN(c4ccc(C#N)cc4)CC3)C2)cn[nH]c1=O.Cc1c(N2CCC[C@H]2CO[C@H]2CNC[C@H](C(=O)N3CCN(c4ccc(C#N)cn4)CC3)C2)cn[nH]c1=O. The highest BCUT2D eigenvalue weighted by Gasteiger charge is 2.36. The van der Waals surface area contributed by atoms with Crippen molar-refractivity contribution >= 4 is 34.7 Å². The molecule has 0 bridgehead atoms. The topological polar surface area (TPSA) is 248 Å². The molecule has 2 amide bonds. The van der Waals surface area contributed by atoms with Crippen molar-refractivity contribution < 1.29 is 19.1 Å². The molecule has 0 spiro atoms. The molecule has 74 heavy (non-hydrogen) atoms. The number of nitrogens with zero attached hydrogens (tertiary/aromatic N) is 11. The van der Waals surface area contributed by atoms with E-state index in [4.69, 9.17) is 20.0 Å². The van der Waals surface area contributed by atoms with E-state index >= 15 is 0 Å². The molecule has 0 aliphatic carbocycles. The lowest BCUT2D eigenvalue weighted by molar-refractivity contribution is -0.138. The average Bonchev–Trinajstić information content (AvgIpc) is 4.14. The predicted octanol–water partition coefficient (Wildman–Crippen LogP) is 1.92. The van der Waals surface area contributed by atoms with Gasteiger partial charge in [0.15, 0.2) is 0 Å². The molecule has 6 fully saturated rings. The van der Waals surface area contributed by atoms with Crippen LogP contribution in [0.4, 0.5) is 22.9 Å². The van der Waals surface area contributed by atoms with Crippen molar-refractivity contribution in [1.29, 1.82) is 10.5 Å². The second-order valence-electron chi connectivity index (χ2n) is 20.3. The van der Waals surface area contributed by atoms with Crippen LogP contribution in [0.2, 0.25) is 0 Å². The van der Waals surface area contributed by atoms with E-state index in [0.717, 1.165) is 107 Å². The maximum atomic E-state index is 13.3. The van der Waals surface area contributed by atoms with E-state index < -0.39 is 0 Å². The van der Waals surface area contributed by atoms with E-state index in [1.807, 2.05) is 54.0 Å².